The molecule has 0 aromatic heterocycles. The van der Waals surface area contributed by atoms with Crippen LogP contribution in [0.1, 0.15) is 39.5 Å². The van der Waals surface area contributed by atoms with Crippen LogP contribution in [0.4, 0.5) is 0 Å². The van der Waals surface area contributed by atoms with E-state index in [1.54, 1.807) is 0 Å². The van der Waals surface area contributed by atoms with Crippen LogP contribution in [0, 0.1) is 11.3 Å². The van der Waals surface area contributed by atoms with Gasteiger partial charge in [-0.2, -0.15) is 5.26 Å². The number of ether oxygens (including phenoxy) is 1. The summed E-state index contributed by atoms with van der Waals surface area (Å²) in [6.07, 6.45) is 5.84. The molecule has 0 fully saturated rings. The Hall–Kier alpha value is -1.23. The topological polar surface area (TPSA) is 33.0 Å². The summed E-state index contributed by atoms with van der Waals surface area (Å²) in [4.78, 5) is 0. The van der Waals surface area contributed by atoms with E-state index in [2.05, 4.69) is 19.9 Å². The first kappa shape index (κ1) is 9.33. The minimum atomic E-state index is -0.0170. The zero-order valence-corrected chi connectivity index (χ0v) is 8.76. The number of allylic oxidation sites excluding steroid dienone is 4. The highest BCUT2D eigenvalue weighted by atomic mass is 16.5. The van der Waals surface area contributed by atoms with E-state index in [1.807, 2.05) is 6.08 Å². The number of nitriles is 1. The van der Waals surface area contributed by atoms with Crippen molar-refractivity contribution < 1.29 is 4.74 Å². The minimum Gasteiger partial charge on any atom is -0.492 e. The summed E-state index contributed by atoms with van der Waals surface area (Å²) in [5, 5.41) is 8.80. The average molecular weight is 189 g/mol. The highest BCUT2D eigenvalue weighted by Gasteiger charge is 2.29. The normalized spacial score (nSPS) is 24.5. The highest BCUT2D eigenvalue weighted by molar-refractivity contribution is 5.38. The molecule has 2 aliphatic rings. The summed E-state index contributed by atoms with van der Waals surface area (Å²) < 4.78 is 5.90. The van der Waals surface area contributed by atoms with Crippen molar-refractivity contribution in [2.24, 2.45) is 0 Å². The monoisotopic (exact) mass is 189 g/mol. The molecule has 1 aliphatic carbocycles. The molecule has 2 heteroatoms. The maximum atomic E-state index is 8.80. The lowest BCUT2D eigenvalue weighted by atomic mass is 9.88. The van der Waals surface area contributed by atoms with Crippen LogP contribution in [-0.2, 0) is 4.74 Å². The van der Waals surface area contributed by atoms with E-state index in [-0.39, 0.29) is 5.60 Å². The largest absolute Gasteiger partial charge is 0.492 e. The predicted molar refractivity (Wildman–Crippen MR) is 54.4 cm³/mol. The van der Waals surface area contributed by atoms with Crippen molar-refractivity contribution in [2.75, 3.05) is 0 Å². The van der Waals surface area contributed by atoms with Gasteiger partial charge in [-0.15, -0.1) is 0 Å². The SMILES string of the molecule is CC1(C)CCC2=C(CCC(C#N)=C2)O1. The van der Waals surface area contributed by atoms with Gasteiger partial charge in [-0.1, -0.05) is 0 Å². The van der Waals surface area contributed by atoms with Crippen molar-refractivity contribution in [3.63, 3.8) is 0 Å². The quantitative estimate of drug-likeness (QED) is 0.586. The molecular formula is C12H15NO. The van der Waals surface area contributed by atoms with Gasteiger partial charge in [-0.3, -0.25) is 0 Å². The van der Waals surface area contributed by atoms with Crippen LogP contribution < -0.4 is 0 Å². The molecule has 0 bridgehead atoms. The third-order valence-electron chi connectivity index (χ3n) is 2.87. The molecule has 1 aliphatic heterocycles. The van der Waals surface area contributed by atoms with Gasteiger partial charge in [-0.05, 0) is 44.8 Å². The molecule has 0 unspecified atom stereocenters. The molecule has 1 heterocycles. The molecule has 0 aromatic carbocycles. The van der Waals surface area contributed by atoms with Crippen molar-refractivity contribution in [1.29, 1.82) is 5.26 Å². The van der Waals surface area contributed by atoms with Crippen molar-refractivity contribution in [3.05, 3.63) is 23.0 Å². The van der Waals surface area contributed by atoms with Crippen molar-refractivity contribution in [2.45, 2.75) is 45.1 Å². The lowest BCUT2D eigenvalue weighted by molar-refractivity contribution is 0.00826. The minimum absolute atomic E-state index is 0.0170. The Balaban J connectivity index is 2.26. The Labute approximate surface area is 84.9 Å². The van der Waals surface area contributed by atoms with Gasteiger partial charge in [0.05, 0.1) is 6.07 Å². The highest BCUT2D eigenvalue weighted by Crippen LogP contribution is 2.37. The van der Waals surface area contributed by atoms with Gasteiger partial charge in [0.2, 0.25) is 0 Å². The molecule has 0 N–H and O–H groups in total. The smallest absolute Gasteiger partial charge is 0.103 e. The van der Waals surface area contributed by atoms with E-state index in [4.69, 9.17) is 10.00 Å². The van der Waals surface area contributed by atoms with E-state index in [1.165, 1.54) is 5.57 Å². The second-order valence-corrected chi connectivity index (χ2v) is 4.59. The second kappa shape index (κ2) is 3.16. The lowest BCUT2D eigenvalue weighted by Gasteiger charge is -2.35. The molecule has 0 spiro atoms. The first-order valence-electron chi connectivity index (χ1n) is 5.12. The van der Waals surface area contributed by atoms with E-state index < -0.39 is 0 Å². The molecule has 0 aromatic rings. The fourth-order valence-electron chi connectivity index (χ4n) is 2.01. The maximum absolute atomic E-state index is 8.80. The van der Waals surface area contributed by atoms with Crippen LogP contribution in [0.2, 0.25) is 0 Å². The summed E-state index contributed by atoms with van der Waals surface area (Å²) in [6.45, 7) is 4.25. The Bertz CT molecular complexity index is 355. The second-order valence-electron chi connectivity index (χ2n) is 4.59. The summed E-state index contributed by atoms with van der Waals surface area (Å²) in [5.74, 6) is 1.11. The Morgan fingerprint density at radius 3 is 2.86 bits per heavy atom. The molecule has 14 heavy (non-hydrogen) atoms. The van der Waals surface area contributed by atoms with E-state index in [0.29, 0.717) is 0 Å². The third kappa shape index (κ3) is 1.68. The Kier molecular flexibility index (Phi) is 2.11. The van der Waals surface area contributed by atoms with Crippen molar-refractivity contribution >= 4 is 0 Å². The van der Waals surface area contributed by atoms with Crippen LogP contribution in [-0.4, -0.2) is 5.60 Å². The molecule has 2 nitrogen and oxygen atoms in total. The zero-order valence-electron chi connectivity index (χ0n) is 8.76. The van der Waals surface area contributed by atoms with Crippen LogP contribution in [0.25, 0.3) is 0 Å². The maximum Gasteiger partial charge on any atom is 0.103 e. The van der Waals surface area contributed by atoms with E-state index in [0.717, 1.165) is 37.0 Å². The summed E-state index contributed by atoms with van der Waals surface area (Å²) in [6, 6.07) is 2.23. The number of hydrogen-bond acceptors (Lipinski definition) is 2. The summed E-state index contributed by atoms with van der Waals surface area (Å²) >= 11 is 0. The average Bonchev–Trinajstić information content (AvgIpc) is 2.16. The summed E-state index contributed by atoms with van der Waals surface area (Å²) in [5.41, 5.74) is 2.12. The van der Waals surface area contributed by atoms with Gasteiger partial charge in [-0.25, -0.2) is 0 Å². The third-order valence-corrected chi connectivity index (χ3v) is 2.87. The van der Waals surface area contributed by atoms with Crippen LogP contribution >= 0.6 is 0 Å². The molecule has 0 atom stereocenters. The number of hydrogen-bond donors (Lipinski definition) is 0. The Morgan fingerprint density at radius 2 is 2.14 bits per heavy atom. The van der Waals surface area contributed by atoms with Gasteiger partial charge < -0.3 is 4.74 Å². The molecule has 0 saturated carbocycles. The molecule has 74 valence electrons. The first-order valence-corrected chi connectivity index (χ1v) is 5.12. The van der Waals surface area contributed by atoms with Gasteiger partial charge in [0.25, 0.3) is 0 Å². The van der Waals surface area contributed by atoms with Crippen molar-refractivity contribution in [3.8, 4) is 6.07 Å². The molecule has 0 radical (unpaired) electrons. The zero-order chi connectivity index (χ0) is 10.2. The van der Waals surface area contributed by atoms with Gasteiger partial charge in [0, 0.05) is 12.0 Å². The van der Waals surface area contributed by atoms with Crippen molar-refractivity contribution in [1.82, 2.24) is 0 Å². The van der Waals surface area contributed by atoms with E-state index >= 15 is 0 Å². The van der Waals surface area contributed by atoms with E-state index in [9.17, 15) is 0 Å². The van der Waals surface area contributed by atoms with Crippen LogP contribution in [0.5, 0.6) is 0 Å². The molecule has 0 saturated heterocycles. The fourth-order valence-corrected chi connectivity index (χ4v) is 2.01. The molecule has 0 amide bonds. The number of nitrogens with zero attached hydrogens (tertiary/aromatic N) is 1. The molecule has 2 rings (SSSR count). The van der Waals surface area contributed by atoms with Gasteiger partial charge in [0.1, 0.15) is 11.4 Å². The first-order chi connectivity index (χ1) is 6.61. The summed E-state index contributed by atoms with van der Waals surface area (Å²) in [7, 11) is 0. The Morgan fingerprint density at radius 1 is 1.36 bits per heavy atom. The lowest BCUT2D eigenvalue weighted by Crippen LogP contribution is -2.29. The fraction of sp³-hybridized carbons (Fsp3) is 0.583. The predicted octanol–water partition coefficient (Wildman–Crippen LogP) is 3.07. The van der Waals surface area contributed by atoms with Crippen LogP contribution in [0.15, 0.2) is 23.0 Å². The number of rotatable bonds is 0. The molecular weight excluding hydrogens is 174 g/mol. The van der Waals surface area contributed by atoms with Crippen LogP contribution in [0.3, 0.4) is 0 Å². The van der Waals surface area contributed by atoms with Gasteiger partial charge >= 0.3 is 0 Å². The van der Waals surface area contributed by atoms with Gasteiger partial charge in [0.15, 0.2) is 0 Å². The standard InChI is InChI=1S/C12H15NO/c1-12(2)6-5-10-7-9(8-13)3-4-11(10)14-12/h7H,3-6H2,1-2H3.